The average molecular weight is 427 g/mol. The molecule has 0 aliphatic heterocycles. The van der Waals surface area contributed by atoms with Crippen molar-refractivity contribution in [1.29, 1.82) is 0 Å². The summed E-state index contributed by atoms with van der Waals surface area (Å²) in [5.41, 5.74) is 2.71. The van der Waals surface area contributed by atoms with Crippen molar-refractivity contribution in [3.63, 3.8) is 0 Å². The van der Waals surface area contributed by atoms with E-state index in [1.807, 2.05) is 53.8 Å². The number of thioether (sulfide) groups is 1. The van der Waals surface area contributed by atoms with Crippen molar-refractivity contribution in [2.45, 2.75) is 30.0 Å². The zero-order valence-corrected chi connectivity index (χ0v) is 17.6. The van der Waals surface area contributed by atoms with Crippen molar-refractivity contribution in [2.24, 2.45) is 0 Å². The molecule has 3 nitrogen and oxygen atoms in total. The molecule has 2 heterocycles. The molecular weight excluding hydrogens is 408 g/mol. The summed E-state index contributed by atoms with van der Waals surface area (Å²) in [4.78, 5) is 11.7. The zero-order valence-electron chi connectivity index (χ0n) is 15.1. The van der Waals surface area contributed by atoms with Gasteiger partial charge in [0.05, 0.1) is 0 Å². The first kappa shape index (κ1) is 19.2. The number of rotatable bonds is 5. The molecule has 5 rings (SSSR count). The third-order valence-electron chi connectivity index (χ3n) is 4.72. The maximum atomic E-state index is 5.96. The summed E-state index contributed by atoms with van der Waals surface area (Å²) in [5, 5.41) is 2.39. The highest BCUT2D eigenvalue weighted by Crippen LogP contribution is 2.40. The van der Waals surface area contributed by atoms with Gasteiger partial charge in [-0.05, 0) is 54.7 Å². The van der Waals surface area contributed by atoms with Crippen LogP contribution in [-0.4, -0.2) is 9.97 Å². The molecule has 0 radical (unpaired) electrons. The summed E-state index contributed by atoms with van der Waals surface area (Å²) >= 11 is 3.63. The van der Waals surface area contributed by atoms with Crippen LogP contribution < -0.4 is 4.74 Å². The molecule has 0 N–H and O–H groups in total. The molecule has 142 valence electrons. The lowest BCUT2D eigenvalue weighted by molar-refractivity contribution is 0.482. The van der Waals surface area contributed by atoms with Gasteiger partial charge in [-0.15, -0.1) is 35.5 Å². The van der Waals surface area contributed by atoms with E-state index in [9.17, 15) is 0 Å². The van der Waals surface area contributed by atoms with Crippen LogP contribution in [0.3, 0.4) is 0 Å². The van der Waals surface area contributed by atoms with Crippen LogP contribution in [0.25, 0.3) is 10.2 Å². The minimum atomic E-state index is 0. The quantitative estimate of drug-likeness (QED) is 0.263. The number of thiophene rings is 1. The summed E-state index contributed by atoms with van der Waals surface area (Å²) in [5.74, 6) is 2.58. The minimum absolute atomic E-state index is 0. The zero-order chi connectivity index (χ0) is 18.1. The molecule has 0 saturated heterocycles. The highest BCUT2D eigenvalue weighted by Gasteiger charge is 2.21. The number of para-hydroxylation sites is 1. The fourth-order valence-corrected chi connectivity index (χ4v) is 5.75. The second-order valence-corrected chi connectivity index (χ2v) is 8.62. The van der Waals surface area contributed by atoms with Crippen molar-refractivity contribution < 1.29 is 4.74 Å². The molecule has 0 atom stereocenters. The topological polar surface area (TPSA) is 35.0 Å². The lowest BCUT2D eigenvalue weighted by atomic mass is 10.2. The van der Waals surface area contributed by atoms with Crippen LogP contribution in [-0.2, 0) is 18.6 Å². The van der Waals surface area contributed by atoms with Crippen molar-refractivity contribution >= 4 is 45.7 Å². The second-order valence-electron chi connectivity index (χ2n) is 6.57. The van der Waals surface area contributed by atoms with Crippen LogP contribution in [0, 0.1) is 0 Å². The molecule has 4 aromatic rings. The minimum Gasteiger partial charge on any atom is -0.457 e. The maximum Gasteiger partial charge on any atom is 0.128 e. The van der Waals surface area contributed by atoms with Crippen LogP contribution >= 0.6 is 35.5 Å². The lowest BCUT2D eigenvalue weighted by Gasteiger charge is -2.08. The first-order valence-corrected chi connectivity index (χ1v) is 10.9. The van der Waals surface area contributed by atoms with Crippen LogP contribution in [0.2, 0.25) is 0 Å². The molecule has 0 unspecified atom stereocenters. The molecule has 0 fully saturated rings. The van der Waals surface area contributed by atoms with Crippen molar-refractivity contribution in [3.8, 4) is 11.5 Å². The van der Waals surface area contributed by atoms with Crippen LogP contribution in [0.15, 0.2) is 66.0 Å². The predicted octanol–water partition coefficient (Wildman–Crippen LogP) is 6.69. The van der Waals surface area contributed by atoms with Gasteiger partial charge in [0.15, 0.2) is 0 Å². The van der Waals surface area contributed by atoms with E-state index >= 15 is 0 Å². The Balaban J connectivity index is 0.00000192. The summed E-state index contributed by atoms with van der Waals surface area (Å²) in [6.45, 7) is 0. The standard InChI is InChI=1S/C22H18N2OS2.ClH/c1-2-7-16(8-3-1)25-17-9-4-6-15(12-17)13-26-21-20-18-10-5-11-19(18)27-22(20)24-14-23-21;/h1-4,6-9,12,14H,5,10-11,13H2;1H. The average Bonchev–Trinajstić information content (AvgIpc) is 3.29. The Kier molecular flexibility index (Phi) is 5.85. The van der Waals surface area contributed by atoms with E-state index in [2.05, 4.69) is 22.1 Å². The predicted molar refractivity (Wildman–Crippen MR) is 119 cm³/mol. The Morgan fingerprint density at radius 1 is 0.964 bits per heavy atom. The number of hydrogen-bond acceptors (Lipinski definition) is 5. The van der Waals surface area contributed by atoms with E-state index in [4.69, 9.17) is 4.74 Å². The van der Waals surface area contributed by atoms with Gasteiger partial charge in [0.25, 0.3) is 0 Å². The molecule has 2 aromatic carbocycles. The van der Waals surface area contributed by atoms with Gasteiger partial charge >= 0.3 is 0 Å². The summed E-state index contributed by atoms with van der Waals surface area (Å²) in [6, 6.07) is 18.2. The molecule has 0 saturated carbocycles. The van der Waals surface area contributed by atoms with Gasteiger partial charge in [-0.25, -0.2) is 9.97 Å². The molecule has 28 heavy (non-hydrogen) atoms. The molecule has 1 aliphatic carbocycles. The number of aryl methyl sites for hydroxylation is 2. The molecule has 0 spiro atoms. The van der Waals surface area contributed by atoms with Crippen molar-refractivity contribution in [2.75, 3.05) is 0 Å². The molecule has 6 heteroatoms. The summed E-state index contributed by atoms with van der Waals surface area (Å²) in [7, 11) is 0. The Morgan fingerprint density at radius 3 is 2.71 bits per heavy atom. The van der Waals surface area contributed by atoms with Crippen molar-refractivity contribution in [3.05, 3.63) is 76.9 Å². The number of fused-ring (bicyclic) bond motifs is 3. The van der Waals surface area contributed by atoms with E-state index in [0.717, 1.165) is 33.5 Å². The largest absolute Gasteiger partial charge is 0.457 e. The van der Waals surface area contributed by atoms with Crippen LogP contribution in [0.4, 0.5) is 0 Å². The van der Waals surface area contributed by atoms with Gasteiger partial charge < -0.3 is 4.74 Å². The Morgan fingerprint density at radius 2 is 1.82 bits per heavy atom. The summed E-state index contributed by atoms with van der Waals surface area (Å²) < 4.78 is 5.96. The normalized spacial score (nSPS) is 12.6. The monoisotopic (exact) mass is 426 g/mol. The first-order valence-electron chi connectivity index (χ1n) is 9.07. The van der Waals surface area contributed by atoms with Crippen LogP contribution in [0.5, 0.6) is 11.5 Å². The van der Waals surface area contributed by atoms with Gasteiger partial charge in [-0.3, -0.25) is 0 Å². The van der Waals surface area contributed by atoms with Gasteiger partial charge in [0.2, 0.25) is 0 Å². The highest BCUT2D eigenvalue weighted by atomic mass is 35.5. The Hall–Kier alpha value is -2.08. The van der Waals surface area contributed by atoms with E-state index in [1.54, 1.807) is 18.1 Å². The van der Waals surface area contributed by atoms with Gasteiger partial charge in [0, 0.05) is 16.0 Å². The fraction of sp³-hybridized carbons (Fsp3) is 0.182. The third-order valence-corrected chi connectivity index (χ3v) is 6.98. The van der Waals surface area contributed by atoms with Gasteiger partial charge in [-0.1, -0.05) is 30.3 Å². The van der Waals surface area contributed by atoms with Gasteiger partial charge in [0.1, 0.15) is 27.7 Å². The fourth-order valence-electron chi connectivity index (χ4n) is 3.48. The number of benzene rings is 2. The smallest absolute Gasteiger partial charge is 0.128 e. The highest BCUT2D eigenvalue weighted by molar-refractivity contribution is 7.98. The lowest BCUT2D eigenvalue weighted by Crippen LogP contribution is -1.89. The number of aromatic nitrogens is 2. The first-order chi connectivity index (χ1) is 13.4. The number of ether oxygens (including phenoxy) is 1. The maximum absolute atomic E-state index is 5.96. The Bertz CT molecular complexity index is 1100. The summed E-state index contributed by atoms with van der Waals surface area (Å²) in [6.07, 6.45) is 5.32. The number of halogens is 1. The molecule has 0 bridgehead atoms. The van der Waals surface area contributed by atoms with Gasteiger partial charge in [-0.2, -0.15) is 0 Å². The molecule has 1 aliphatic rings. The van der Waals surface area contributed by atoms with E-state index in [1.165, 1.54) is 34.2 Å². The van der Waals surface area contributed by atoms with E-state index in [-0.39, 0.29) is 12.4 Å². The molecule has 2 aromatic heterocycles. The second kappa shape index (κ2) is 8.52. The van der Waals surface area contributed by atoms with Crippen molar-refractivity contribution in [1.82, 2.24) is 9.97 Å². The number of hydrogen-bond donors (Lipinski definition) is 0. The number of nitrogens with zero attached hydrogens (tertiary/aromatic N) is 2. The SMILES string of the molecule is Cl.c1ccc(Oc2cccc(CSc3ncnc4sc5c(c34)CCC5)c2)cc1. The van der Waals surface area contributed by atoms with E-state index in [0.29, 0.717) is 0 Å². The molecular formula is C22H19ClN2OS2. The Labute approximate surface area is 178 Å². The van der Waals surface area contributed by atoms with Crippen LogP contribution in [0.1, 0.15) is 22.4 Å². The van der Waals surface area contributed by atoms with E-state index < -0.39 is 0 Å². The molecule has 0 amide bonds. The third kappa shape index (κ3) is 3.88.